The number of hydrogen-bond donors (Lipinski definition) is 0. The van der Waals surface area contributed by atoms with Crippen LogP contribution >= 0.6 is 15.9 Å². The summed E-state index contributed by atoms with van der Waals surface area (Å²) >= 11 is 3.33. The van der Waals surface area contributed by atoms with Crippen LogP contribution in [-0.4, -0.2) is 54.5 Å². The van der Waals surface area contributed by atoms with Crippen molar-refractivity contribution in [1.82, 2.24) is 9.21 Å². The Labute approximate surface area is 157 Å². The Balaban J connectivity index is 1.81. The zero-order chi connectivity index (χ0) is 18.4. The summed E-state index contributed by atoms with van der Waals surface area (Å²) in [5.74, 6) is 0. The van der Waals surface area contributed by atoms with Gasteiger partial charge in [0.05, 0.1) is 4.90 Å². The molecule has 0 radical (unpaired) electrons. The van der Waals surface area contributed by atoms with Gasteiger partial charge in [0, 0.05) is 29.6 Å². The molecule has 138 valence electrons. The molecule has 1 amide bonds. The summed E-state index contributed by atoms with van der Waals surface area (Å²) in [6.45, 7) is 6.18. The minimum atomic E-state index is -3.60. The van der Waals surface area contributed by atoms with Crippen molar-refractivity contribution in [3.05, 3.63) is 28.7 Å². The molecule has 0 aliphatic carbocycles. The molecule has 1 aromatic rings. The number of piperazine rings is 1. The van der Waals surface area contributed by atoms with Gasteiger partial charge >= 0.3 is 6.09 Å². The van der Waals surface area contributed by atoms with E-state index in [9.17, 15) is 13.2 Å². The Bertz CT molecular complexity index is 775. The van der Waals surface area contributed by atoms with Crippen LogP contribution in [0.4, 0.5) is 4.79 Å². The number of carbonyl (C=O) groups excluding carboxylic acids is 1. The largest absolute Gasteiger partial charge is 0.444 e. The number of halogens is 1. The molecule has 3 saturated heterocycles. The van der Waals surface area contributed by atoms with E-state index >= 15 is 0 Å². The lowest BCUT2D eigenvalue weighted by Gasteiger charge is -2.50. The number of amides is 1. The number of nitrogens with zero attached hydrogens (tertiary/aromatic N) is 2. The van der Waals surface area contributed by atoms with Crippen LogP contribution in [-0.2, 0) is 14.8 Å². The highest BCUT2D eigenvalue weighted by Crippen LogP contribution is 2.35. The highest BCUT2D eigenvalue weighted by molar-refractivity contribution is 9.10. The van der Waals surface area contributed by atoms with Crippen molar-refractivity contribution in [3.63, 3.8) is 0 Å². The average Bonchev–Trinajstić information content (AvgIpc) is 2.53. The highest BCUT2D eigenvalue weighted by Gasteiger charge is 2.47. The summed E-state index contributed by atoms with van der Waals surface area (Å²) in [5.41, 5.74) is -0.561. The van der Waals surface area contributed by atoms with Gasteiger partial charge in [0.15, 0.2) is 0 Å². The van der Waals surface area contributed by atoms with Gasteiger partial charge < -0.3 is 9.64 Å². The van der Waals surface area contributed by atoms with Gasteiger partial charge in [-0.3, -0.25) is 0 Å². The fourth-order valence-corrected chi connectivity index (χ4v) is 6.06. The Morgan fingerprint density at radius 1 is 1.16 bits per heavy atom. The molecule has 2 atom stereocenters. The van der Waals surface area contributed by atoms with Crippen molar-refractivity contribution in [2.45, 2.75) is 56.2 Å². The summed E-state index contributed by atoms with van der Waals surface area (Å²) in [6.07, 6.45) is 1.19. The first-order valence-electron chi connectivity index (χ1n) is 8.35. The van der Waals surface area contributed by atoms with Crippen LogP contribution < -0.4 is 0 Å². The monoisotopic (exact) mass is 430 g/mol. The Morgan fingerprint density at radius 2 is 1.80 bits per heavy atom. The number of piperidine rings is 2. The van der Waals surface area contributed by atoms with E-state index in [0.717, 1.165) is 12.8 Å². The van der Waals surface area contributed by atoms with Crippen molar-refractivity contribution in [3.8, 4) is 0 Å². The molecule has 0 spiro atoms. The van der Waals surface area contributed by atoms with Gasteiger partial charge in [-0.05, 0) is 61.7 Å². The number of ether oxygens (including phenoxy) is 1. The van der Waals surface area contributed by atoms with Crippen LogP contribution in [0, 0.1) is 0 Å². The molecule has 3 fully saturated rings. The first-order chi connectivity index (χ1) is 11.6. The molecule has 3 aliphatic heterocycles. The van der Waals surface area contributed by atoms with E-state index in [1.807, 2.05) is 20.8 Å². The third-order valence-electron chi connectivity index (χ3n) is 4.53. The Hall–Kier alpha value is -1.12. The maximum Gasteiger partial charge on any atom is 0.410 e. The van der Waals surface area contributed by atoms with Crippen molar-refractivity contribution >= 4 is 32.0 Å². The second-order valence-electron chi connectivity index (χ2n) is 7.52. The van der Waals surface area contributed by atoms with Crippen molar-refractivity contribution in [2.75, 3.05) is 13.1 Å². The van der Waals surface area contributed by atoms with E-state index in [2.05, 4.69) is 15.9 Å². The summed E-state index contributed by atoms with van der Waals surface area (Å²) < 4.78 is 33.7. The minimum absolute atomic E-state index is 0.142. The van der Waals surface area contributed by atoms with Crippen LogP contribution in [0.25, 0.3) is 0 Å². The zero-order valence-corrected chi connectivity index (χ0v) is 17.0. The average molecular weight is 431 g/mol. The zero-order valence-electron chi connectivity index (χ0n) is 14.6. The lowest BCUT2D eigenvalue weighted by Crippen LogP contribution is -2.65. The smallest absolute Gasteiger partial charge is 0.410 e. The molecule has 25 heavy (non-hydrogen) atoms. The third kappa shape index (κ3) is 3.71. The summed E-state index contributed by atoms with van der Waals surface area (Å²) in [5, 5.41) is 0. The van der Waals surface area contributed by atoms with Gasteiger partial charge in [0.2, 0.25) is 10.0 Å². The van der Waals surface area contributed by atoms with Crippen LogP contribution in [0.3, 0.4) is 0 Å². The highest BCUT2D eigenvalue weighted by atomic mass is 79.9. The second-order valence-corrected chi connectivity index (χ2v) is 10.2. The summed E-state index contributed by atoms with van der Waals surface area (Å²) in [6, 6.07) is 6.48. The van der Waals surface area contributed by atoms with Gasteiger partial charge in [0.1, 0.15) is 5.60 Å². The summed E-state index contributed by atoms with van der Waals surface area (Å²) in [7, 11) is -3.60. The molecular formula is C17H23BrN2O4S. The number of fused-ring (bicyclic) bond motifs is 3. The SMILES string of the molecule is CC(C)(C)OC(=O)N1CC2CCC1CN2S(=O)(=O)c1ccccc1Br. The second kappa shape index (κ2) is 6.55. The normalized spacial score (nSPS) is 24.4. The van der Waals surface area contributed by atoms with E-state index in [1.54, 1.807) is 33.5 Å². The molecule has 4 rings (SSSR count). The van der Waals surface area contributed by atoms with Crippen molar-refractivity contribution in [1.29, 1.82) is 0 Å². The predicted octanol–water partition coefficient (Wildman–Crippen LogP) is 3.22. The maximum absolute atomic E-state index is 13.1. The van der Waals surface area contributed by atoms with Crippen molar-refractivity contribution < 1.29 is 17.9 Å². The molecular weight excluding hydrogens is 408 g/mol. The molecule has 0 saturated carbocycles. The Kier molecular flexibility index (Phi) is 4.89. The van der Waals surface area contributed by atoms with E-state index < -0.39 is 15.6 Å². The van der Waals surface area contributed by atoms with Crippen LogP contribution in [0.2, 0.25) is 0 Å². The van der Waals surface area contributed by atoms with E-state index in [4.69, 9.17) is 4.74 Å². The number of carbonyl (C=O) groups is 1. The quantitative estimate of drug-likeness (QED) is 0.721. The van der Waals surface area contributed by atoms with E-state index in [-0.39, 0.29) is 23.1 Å². The predicted molar refractivity (Wildman–Crippen MR) is 97.8 cm³/mol. The standard InChI is InChI=1S/C17H23BrN2O4S/c1-17(2,3)24-16(21)19-10-13-9-8-12(19)11-20(13)25(22,23)15-7-5-4-6-14(15)18/h4-7,12-13H,8-11H2,1-3H3. The van der Waals surface area contributed by atoms with E-state index in [1.165, 1.54) is 0 Å². The Morgan fingerprint density at radius 3 is 2.36 bits per heavy atom. The van der Waals surface area contributed by atoms with Crippen LogP contribution in [0.1, 0.15) is 33.6 Å². The molecule has 3 heterocycles. The molecule has 0 aromatic heterocycles. The molecule has 0 N–H and O–H groups in total. The van der Waals surface area contributed by atoms with Gasteiger partial charge in [-0.25, -0.2) is 13.2 Å². The third-order valence-corrected chi connectivity index (χ3v) is 7.46. The molecule has 6 nitrogen and oxygen atoms in total. The number of sulfonamides is 1. The molecule has 2 unspecified atom stereocenters. The fourth-order valence-electron chi connectivity index (χ4n) is 3.41. The van der Waals surface area contributed by atoms with Crippen LogP contribution in [0.15, 0.2) is 33.6 Å². The molecule has 8 heteroatoms. The topological polar surface area (TPSA) is 66.9 Å². The molecule has 2 bridgehead atoms. The molecule has 1 aromatic carbocycles. The number of hydrogen-bond acceptors (Lipinski definition) is 4. The number of benzene rings is 1. The summed E-state index contributed by atoms with van der Waals surface area (Å²) in [4.78, 5) is 14.4. The van der Waals surface area contributed by atoms with Gasteiger partial charge in [-0.15, -0.1) is 0 Å². The minimum Gasteiger partial charge on any atom is -0.444 e. The first kappa shape index (κ1) is 18.7. The first-order valence-corrected chi connectivity index (χ1v) is 10.6. The number of rotatable bonds is 2. The van der Waals surface area contributed by atoms with Gasteiger partial charge in [0.25, 0.3) is 0 Å². The van der Waals surface area contributed by atoms with Gasteiger partial charge in [-0.1, -0.05) is 12.1 Å². The molecule has 3 aliphatic rings. The van der Waals surface area contributed by atoms with Crippen molar-refractivity contribution in [2.24, 2.45) is 0 Å². The van der Waals surface area contributed by atoms with Crippen LogP contribution in [0.5, 0.6) is 0 Å². The lowest BCUT2D eigenvalue weighted by molar-refractivity contribution is -0.0203. The fraction of sp³-hybridized carbons (Fsp3) is 0.588. The van der Waals surface area contributed by atoms with E-state index in [0.29, 0.717) is 17.6 Å². The maximum atomic E-state index is 13.1. The van der Waals surface area contributed by atoms with Gasteiger partial charge in [-0.2, -0.15) is 4.31 Å². The lowest BCUT2D eigenvalue weighted by atomic mass is 9.93.